The lowest BCUT2D eigenvalue weighted by Gasteiger charge is -2.18. The molecule has 3 nitrogen and oxygen atoms in total. The Labute approximate surface area is 101 Å². The van der Waals surface area contributed by atoms with Gasteiger partial charge in [-0.05, 0) is 31.9 Å². The largest absolute Gasteiger partial charge is 0.252 e. The Morgan fingerprint density at radius 3 is 2.25 bits per heavy atom. The third-order valence-corrected chi connectivity index (χ3v) is 6.24. The van der Waals surface area contributed by atoms with E-state index in [1.54, 1.807) is 10.4 Å². The van der Waals surface area contributed by atoms with Crippen molar-refractivity contribution in [3.63, 3.8) is 0 Å². The van der Waals surface area contributed by atoms with Crippen molar-refractivity contribution in [3.05, 3.63) is 17.0 Å². The maximum absolute atomic E-state index is 12.3. The van der Waals surface area contributed by atoms with Gasteiger partial charge in [0.05, 0.1) is 0 Å². The van der Waals surface area contributed by atoms with Gasteiger partial charge in [-0.3, -0.25) is 0 Å². The second-order valence-electron chi connectivity index (χ2n) is 4.18. The fourth-order valence-electron chi connectivity index (χ4n) is 1.96. The van der Waals surface area contributed by atoms with Crippen molar-refractivity contribution in [2.75, 3.05) is 13.1 Å². The topological polar surface area (TPSA) is 37.4 Å². The highest BCUT2D eigenvalue weighted by Gasteiger charge is 2.26. The Hall–Kier alpha value is -0.390. The van der Waals surface area contributed by atoms with E-state index in [0.29, 0.717) is 17.3 Å². The average Bonchev–Trinajstić information content (AvgIpc) is 2.54. The molecule has 1 fully saturated rings. The summed E-state index contributed by atoms with van der Waals surface area (Å²) in [6.07, 6.45) is 4.28. The fraction of sp³-hybridized carbons (Fsp3) is 0.636. The Balaban J connectivity index is 2.23. The fourth-order valence-corrected chi connectivity index (χ4v) is 4.91. The van der Waals surface area contributed by atoms with Crippen molar-refractivity contribution in [2.24, 2.45) is 0 Å². The summed E-state index contributed by atoms with van der Waals surface area (Å²) in [7, 11) is -3.21. The zero-order valence-corrected chi connectivity index (χ0v) is 11.1. The maximum Gasteiger partial charge on any atom is 0.252 e. The van der Waals surface area contributed by atoms with Crippen LogP contribution in [0.5, 0.6) is 0 Å². The minimum atomic E-state index is -3.21. The van der Waals surface area contributed by atoms with Crippen LogP contribution in [-0.4, -0.2) is 25.8 Å². The van der Waals surface area contributed by atoms with Gasteiger partial charge in [0.2, 0.25) is 0 Å². The van der Waals surface area contributed by atoms with E-state index < -0.39 is 10.0 Å². The summed E-state index contributed by atoms with van der Waals surface area (Å²) >= 11 is 1.37. The van der Waals surface area contributed by atoms with Crippen molar-refractivity contribution in [2.45, 2.75) is 36.8 Å². The van der Waals surface area contributed by atoms with Crippen LogP contribution in [0, 0.1) is 6.92 Å². The van der Waals surface area contributed by atoms with E-state index >= 15 is 0 Å². The number of rotatable bonds is 2. The molecular weight excluding hydrogens is 242 g/mol. The number of hydrogen-bond donors (Lipinski definition) is 0. The molecule has 0 radical (unpaired) electrons. The van der Waals surface area contributed by atoms with Gasteiger partial charge in [-0.15, -0.1) is 11.3 Å². The summed E-state index contributed by atoms with van der Waals surface area (Å²) in [6, 6.07) is 3.59. The molecule has 90 valence electrons. The van der Waals surface area contributed by atoms with Gasteiger partial charge in [-0.2, -0.15) is 4.31 Å². The van der Waals surface area contributed by atoms with Crippen molar-refractivity contribution in [3.8, 4) is 0 Å². The SMILES string of the molecule is Cc1ccc(S(=O)(=O)N2CCCCCC2)s1. The zero-order valence-electron chi connectivity index (χ0n) is 9.48. The van der Waals surface area contributed by atoms with Crippen LogP contribution in [0.25, 0.3) is 0 Å². The first-order valence-corrected chi connectivity index (χ1v) is 7.93. The van der Waals surface area contributed by atoms with E-state index in [0.717, 1.165) is 30.6 Å². The summed E-state index contributed by atoms with van der Waals surface area (Å²) < 4.78 is 26.7. The lowest BCUT2D eigenvalue weighted by molar-refractivity contribution is 0.425. The van der Waals surface area contributed by atoms with Gasteiger partial charge in [0.25, 0.3) is 10.0 Å². The van der Waals surface area contributed by atoms with Crippen LogP contribution >= 0.6 is 11.3 Å². The molecule has 5 heteroatoms. The van der Waals surface area contributed by atoms with Gasteiger partial charge in [-0.1, -0.05) is 12.8 Å². The minimum Gasteiger partial charge on any atom is -0.206 e. The summed E-state index contributed by atoms with van der Waals surface area (Å²) in [5.74, 6) is 0. The average molecular weight is 259 g/mol. The number of sulfonamides is 1. The molecule has 1 aliphatic heterocycles. The number of aryl methyl sites for hydroxylation is 1. The molecule has 2 heterocycles. The first-order chi connectivity index (χ1) is 7.60. The van der Waals surface area contributed by atoms with Gasteiger partial charge in [0, 0.05) is 18.0 Å². The number of thiophene rings is 1. The Bertz CT molecular complexity index is 442. The van der Waals surface area contributed by atoms with Gasteiger partial charge in [0.1, 0.15) is 4.21 Å². The highest BCUT2D eigenvalue weighted by atomic mass is 32.2. The summed E-state index contributed by atoms with van der Waals surface area (Å²) in [5.41, 5.74) is 0. The van der Waals surface area contributed by atoms with E-state index in [1.165, 1.54) is 11.3 Å². The van der Waals surface area contributed by atoms with E-state index in [-0.39, 0.29) is 0 Å². The molecule has 2 rings (SSSR count). The third-order valence-electron chi connectivity index (χ3n) is 2.87. The molecule has 0 spiro atoms. The van der Waals surface area contributed by atoms with Crippen molar-refractivity contribution in [1.29, 1.82) is 0 Å². The first-order valence-electron chi connectivity index (χ1n) is 5.67. The van der Waals surface area contributed by atoms with Crippen LogP contribution in [0.15, 0.2) is 16.3 Å². The third kappa shape index (κ3) is 2.47. The van der Waals surface area contributed by atoms with E-state index in [4.69, 9.17) is 0 Å². The molecule has 16 heavy (non-hydrogen) atoms. The molecule has 0 saturated carbocycles. The van der Waals surface area contributed by atoms with Crippen LogP contribution in [0.1, 0.15) is 30.6 Å². The van der Waals surface area contributed by atoms with Crippen molar-refractivity contribution >= 4 is 21.4 Å². The van der Waals surface area contributed by atoms with Gasteiger partial charge < -0.3 is 0 Å². The highest BCUT2D eigenvalue weighted by Crippen LogP contribution is 2.26. The summed E-state index contributed by atoms with van der Waals surface area (Å²) in [5, 5.41) is 0. The van der Waals surface area contributed by atoms with Crippen LogP contribution in [0.3, 0.4) is 0 Å². The molecule has 0 atom stereocenters. The van der Waals surface area contributed by atoms with Crippen LogP contribution < -0.4 is 0 Å². The molecule has 1 saturated heterocycles. The zero-order chi connectivity index (χ0) is 11.6. The number of hydrogen-bond acceptors (Lipinski definition) is 3. The smallest absolute Gasteiger partial charge is 0.206 e. The van der Waals surface area contributed by atoms with E-state index in [1.807, 2.05) is 13.0 Å². The van der Waals surface area contributed by atoms with Crippen LogP contribution in [0.2, 0.25) is 0 Å². The lowest BCUT2D eigenvalue weighted by atomic mass is 10.2. The standard InChI is InChI=1S/C11H17NO2S2/c1-10-6-7-11(15-10)16(13,14)12-8-4-2-3-5-9-12/h6-7H,2-5,8-9H2,1H3. The van der Waals surface area contributed by atoms with Crippen molar-refractivity contribution in [1.82, 2.24) is 4.31 Å². The van der Waals surface area contributed by atoms with Gasteiger partial charge in [0.15, 0.2) is 0 Å². The minimum absolute atomic E-state index is 0.492. The molecule has 1 aromatic rings. The highest BCUT2D eigenvalue weighted by molar-refractivity contribution is 7.91. The van der Waals surface area contributed by atoms with Crippen molar-refractivity contribution < 1.29 is 8.42 Å². The summed E-state index contributed by atoms with van der Waals surface area (Å²) in [4.78, 5) is 1.05. The summed E-state index contributed by atoms with van der Waals surface area (Å²) in [6.45, 7) is 3.30. The Morgan fingerprint density at radius 2 is 1.75 bits per heavy atom. The molecule has 0 N–H and O–H groups in total. The quantitative estimate of drug-likeness (QED) is 0.818. The second-order valence-corrected chi connectivity index (χ2v) is 7.64. The molecule has 0 bridgehead atoms. The van der Waals surface area contributed by atoms with E-state index in [2.05, 4.69) is 0 Å². The van der Waals surface area contributed by atoms with Crippen LogP contribution in [-0.2, 0) is 10.0 Å². The predicted octanol–water partition coefficient (Wildman–Crippen LogP) is 2.62. The number of nitrogens with zero attached hydrogens (tertiary/aromatic N) is 1. The van der Waals surface area contributed by atoms with E-state index in [9.17, 15) is 8.42 Å². The predicted molar refractivity (Wildman–Crippen MR) is 66.3 cm³/mol. The molecule has 0 unspecified atom stereocenters. The normalized spacial score (nSPS) is 19.6. The molecule has 1 aromatic heterocycles. The molecule has 0 aromatic carbocycles. The van der Waals surface area contributed by atoms with Gasteiger partial charge in [-0.25, -0.2) is 8.42 Å². The Kier molecular flexibility index (Phi) is 3.66. The molecule has 1 aliphatic rings. The lowest BCUT2D eigenvalue weighted by Crippen LogP contribution is -2.31. The second kappa shape index (κ2) is 4.85. The monoisotopic (exact) mass is 259 g/mol. The van der Waals surface area contributed by atoms with Crippen LogP contribution in [0.4, 0.5) is 0 Å². The maximum atomic E-state index is 12.3. The molecule has 0 amide bonds. The Morgan fingerprint density at radius 1 is 1.12 bits per heavy atom. The van der Waals surface area contributed by atoms with Gasteiger partial charge >= 0.3 is 0 Å². The molecular formula is C11H17NO2S2. The molecule has 0 aliphatic carbocycles. The first kappa shape index (κ1) is 12.1.